The third kappa shape index (κ3) is 3.69. The van der Waals surface area contributed by atoms with E-state index in [2.05, 4.69) is 10.4 Å². The van der Waals surface area contributed by atoms with E-state index >= 15 is 0 Å². The Balaban J connectivity index is 1.91. The molecule has 4 nitrogen and oxygen atoms in total. The van der Waals surface area contributed by atoms with E-state index < -0.39 is 23.3 Å². The molecule has 0 radical (unpaired) electrons. The van der Waals surface area contributed by atoms with Crippen molar-refractivity contribution in [3.63, 3.8) is 0 Å². The van der Waals surface area contributed by atoms with Crippen molar-refractivity contribution in [1.82, 2.24) is 9.78 Å². The first-order valence-electron chi connectivity index (χ1n) is 7.01. The number of amides is 1. The molecule has 3 aromatic rings. The van der Waals surface area contributed by atoms with Crippen LogP contribution in [0.4, 0.5) is 18.2 Å². The smallest absolute Gasteiger partial charge is 0.313 e. The first-order chi connectivity index (χ1) is 11.8. The molecule has 0 spiro atoms. The van der Waals surface area contributed by atoms with Crippen molar-refractivity contribution in [2.75, 3.05) is 5.32 Å². The van der Waals surface area contributed by atoms with Gasteiger partial charge >= 0.3 is 6.18 Å². The highest BCUT2D eigenvalue weighted by molar-refractivity contribution is 7.15. The molecule has 2 aromatic heterocycles. The molecule has 0 bridgehead atoms. The zero-order valence-electron chi connectivity index (χ0n) is 12.8. The Morgan fingerprint density at radius 3 is 2.56 bits per heavy atom. The van der Waals surface area contributed by atoms with Gasteiger partial charge in [-0.05, 0) is 29.1 Å². The van der Waals surface area contributed by atoms with Gasteiger partial charge < -0.3 is 5.32 Å². The first-order valence-corrected chi connectivity index (χ1v) is 8.27. The van der Waals surface area contributed by atoms with Gasteiger partial charge in [-0.3, -0.25) is 9.48 Å². The Labute approximate surface area is 149 Å². The maximum atomic E-state index is 13.0. The summed E-state index contributed by atoms with van der Waals surface area (Å²) in [4.78, 5) is 12.4. The van der Waals surface area contributed by atoms with Gasteiger partial charge in [-0.1, -0.05) is 23.7 Å². The highest BCUT2D eigenvalue weighted by Crippen LogP contribution is 2.35. The number of alkyl halides is 3. The van der Waals surface area contributed by atoms with Gasteiger partial charge in [0.2, 0.25) is 0 Å². The van der Waals surface area contributed by atoms with E-state index in [0.717, 1.165) is 16.4 Å². The van der Waals surface area contributed by atoms with Crippen molar-refractivity contribution < 1.29 is 18.0 Å². The van der Waals surface area contributed by atoms with Gasteiger partial charge in [-0.15, -0.1) is 11.3 Å². The van der Waals surface area contributed by atoms with Crippen LogP contribution in [-0.2, 0) is 13.2 Å². The summed E-state index contributed by atoms with van der Waals surface area (Å²) >= 11 is 7.08. The number of carbonyl (C=O) groups is 1. The van der Waals surface area contributed by atoms with Crippen molar-refractivity contribution in [3.8, 4) is 11.1 Å². The molecular weight excluding hydrogens is 375 g/mol. The number of rotatable bonds is 3. The SMILES string of the molecule is Cn1cc(C(=O)Nc2sccc2-c2ccc(Cl)cc2)c(C(F)(F)F)n1. The van der Waals surface area contributed by atoms with Crippen LogP contribution in [0.1, 0.15) is 16.1 Å². The van der Waals surface area contributed by atoms with E-state index in [0.29, 0.717) is 15.6 Å². The van der Waals surface area contributed by atoms with Gasteiger partial charge in [0, 0.05) is 23.8 Å². The van der Waals surface area contributed by atoms with Crippen LogP contribution in [-0.4, -0.2) is 15.7 Å². The normalized spacial score (nSPS) is 11.6. The van der Waals surface area contributed by atoms with E-state index in [9.17, 15) is 18.0 Å². The number of hydrogen-bond acceptors (Lipinski definition) is 3. The second kappa shape index (κ2) is 6.53. The second-order valence-electron chi connectivity index (χ2n) is 5.19. The fourth-order valence-electron chi connectivity index (χ4n) is 2.30. The van der Waals surface area contributed by atoms with Crippen LogP contribution in [0.5, 0.6) is 0 Å². The number of carbonyl (C=O) groups excluding carboxylic acids is 1. The Morgan fingerprint density at radius 2 is 1.92 bits per heavy atom. The van der Waals surface area contributed by atoms with E-state index in [-0.39, 0.29) is 0 Å². The maximum absolute atomic E-state index is 13.0. The minimum Gasteiger partial charge on any atom is -0.313 e. The number of aryl methyl sites for hydroxylation is 1. The number of anilines is 1. The molecule has 0 aliphatic rings. The minimum absolute atomic E-state index is 0.448. The second-order valence-corrected chi connectivity index (χ2v) is 6.54. The lowest BCUT2D eigenvalue weighted by Crippen LogP contribution is -2.17. The fourth-order valence-corrected chi connectivity index (χ4v) is 3.23. The molecule has 130 valence electrons. The highest BCUT2D eigenvalue weighted by atomic mass is 35.5. The molecule has 2 heterocycles. The number of aromatic nitrogens is 2. The lowest BCUT2D eigenvalue weighted by molar-refractivity contribution is -0.141. The van der Waals surface area contributed by atoms with Gasteiger partial charge in [0.1, 0.15) is 5.00 Å². The van der Waals surface area contributed by atoms with Crippen molar-refractivity contribution in [3.05, 3.63) is 58.2 Å². The number of halogens is 4. The third-order valence-corrected chi connectivity index (χ3v) is 4.47. The summed E-state index contributed by atoms with van der Waals surface area (Å²) in [6.07, 6.45) is -3.66. The quantitative estimate of drug-likeness (QED) is 0.684. The van der Waals surface area contributed by atoms with Gasteiger partial charge in [0.25, 0.3) is 5.91 Å². The molecule has 9 heteroatoms. The Morgan fingerprint density at radius 1 is 1.24 bits per heavy atom. The zero-order chi connectivity index (χ0) is 18.2. The summed E-state index contributed by atoms with van der Waals surface area (Å²) in [5.41, 5.74) is -0.238. The van der Waals surface area contributed by atoms with Gasteiger partial charge in [0.05, 0.1) is 5.56 Å². The van der Waals surface area contributed by atoms with Crippen molar-refractivity contribution >= 4 is 33.8 Å². The van der Waals surface area contributed by atoms with Crippen molar-refractivity contribution in [2.24, 2.45) is 7.05 Å². The summed E-state index contributed by atoms with van der Waals surface area (Å²) in [6.45, 7) is 0. The number of nitrogens with zero attached hydrogens (tertiary/aromatic N) is 2. The number of nitrogens with one attached hydrogen (secondary N) is 1. The predicted molar refractivity (Wildman–Crippen MR) is 90.9 cm³/mol. The minimum atomic E-state index is -4.71. The molecule has 1 aromatic carbocycles. The van der Waals surface area contributed by atoms with Crippen LogP contribution in [0.25, 0.3) is 11.1 Å². The lowest BCUT2D eigenvalue weighted by atomic mass is 10.1. The number of benzene rings is 1. The largest absolute Gasteiger partial charge is 0.435 e. The molecule has 1 N–H and O–H groups in total. The molecule has 0 unspecified atom stereocenters. The molecule has 0 aliphatic heterocycles. The van der Waals surface area contributed by atoms with E-state index in [1.54, 1.807) is 35.7 Å². The molecular formula is C16H11ClF3N3OS. The van der Waals surface area contributed by atoms with Crippen molar-refractivity contribution in [1.29, 1.82) is 0 Å². The van der Waals surface area contributed by atoms with Gasteiger partial charge in [0.15, 0.2) is 5.69 Å². The Bertz CT molecular complexity index is 916. The number of thiophene rings is 1. The molecule has 0 atom stereocenters. The summed E-state index contributed by atoms with van der Waals surface area (Å²) in [5, 5.41) is 8.64. The highest BCUT2D eigenvalue weighted by Gasteiger charge is 2.39. The fraction of sp³-hybridized carbons (Fsp3) is 0.125. The van der Waals surface area contributed by atoms with Gasteiger partial charge in [-0.2, -0.15) is 18.3 Å². The monoisotopic (exact) mass is 385 g/mol. The molecule has 0 aliphatic carbocycles. The molecule has 0 fully saturated rings. The van der Waals surface area contributed by atoms with Crippen LogP contribution >= 0.6 is 22.9 Å². The molecule has 1 amide bonds. The average Bonchev–Trinajstić information content (AvgIpc) is 3.14. The zero-order valence-corrected chi connectivity index (χ0v) is 14.3. The first kappa shape index (κ1) is 17.5. The summed E-state index contributed by atoms with van der Waals surface area (Å²) in [5.74, 6) is -0.863. The topological polar surface area (TPSA) is 46.9 Å². The number of hydrogen-bond donors (Lipinski definition) is 1. The molecule has 25 heavy (non-hydrogen) atoms. The summed E-state index contributed by atoms with van der Waals surface area (Å²) in [7, 11) is 1.33. The average molecular weight is 386 g/mol. The summed E-state index contributed by atoms with van der Waals surface area (Å²) in [6, 6.07) is 8.71. The van der Waals surface area contributed by atoms with Crippen LogP contribution in [0, 0.1) is 0 Å². The lowest BCUT2D eigenvalue weighted by Gasteiger charge is -2.08. The van der Waals surface area contributed by atoms with Crippen LogP contribution < -0.4 is 5.32 Å². The standard InChI is InChI=1S/C16H11ClF3N3OS/c1-23-8-12(13(22-23)16(18,19)20)14(24)21-15-11(6-7-25-15)9-2-4-10(17)5-3-9/h2-8H,1H3,(H,21,24). The maximum Gasteiger partial charge on any atom is 0.435 e. The predicted octanol–water partition coefficient (Wildman–Crippen LogP) is 5.07. The Kier molecular flexibility index (Phi) is 4.57. The van der Waals surface area contributed by atoms with E-state index in [1.807, 2.05) is 0 Å². The molecule has 3 rings (SSSR count). The van der Waals surface area contributed by atoms with Crippen LogP contribution in [0.3, 0.4) is 0 Å². The third-order valence-electron chi connectivity index (χ3n) is 3.39. The van der Waals surface area contributed by atoms with E-state index in [1.165, 1.54) is 18.4 Å². The van der Waals surface area contributed by atoms with Crippen molar-refractivity contribution in [2.45, 2.75) is 6.18 Å². The molecule has 0 saturated heterocycles. The van der Waals surface area contributed by atoms with E-state index in [4.69, 9.17) is 11.6 Å². The Hall–Kier alpha value is -2.32. The van der Waals surface area contributed by atoms with Gasteiger partial charge in [-0.25, -0.2) is 0 Å². The molecule has 0 saturated carbocycles. The van der Waals surface area contributed by atoms with Crippen LogP contribution in [0.2, 0.25) is 5.02 Å². The van der Waals surface area contributed by atoms with Crippen LogP contribution in [0.15, 0.2) is 41.9 Å². The summed E-state index contributed by atoms with van der Waals surface area (Å²) < 4.78 is 40.0.